The first-order chi connectivity index (χ1) is 16.6. The molecule has 1 aromatic heterocycles. The quantitative estimate of drug-likeness (QED) is 0.466. The maximum atomic E-state index is 12.5. The number of amides is 1. The summed E-state index contributed by atoms with van der Waals surface area (Å²) in [6.07, 6.45) is 6.51. The molecule has 3 rings (SSSR count). The molecule has 1 aliphatic carbocycles. The average molecular weight is 516 g/mol. The molecule has 0 unspecified atom stereocenters. The number of nitrogens with zero attached hydrogens (tertiary/aromatic N) is 1. The van der Waals surface area contributed by atoms with Gasteiger partial charge in [0.25, 0.3) is 0 Å². The summed E-state index contributed by atoms with van der Waals surface area (Å²) in [5, 5.41) is 8.70. The molecule has 1 aliphatic rings. The Balaban J connectivity index is 2.18. The highest BCUT2D eigenvalue weighted by Gasteiger charge is 2.28. The summed E-state index contributed by atoms with van der Waals surface area (Å²) in [5.41, 5.74) is 4.46. The van der Waals surface area contributed by atoms with Crippen LogP contribution < -0.4 is 10.5 Å². The van der Waals surface area contributed by atoms with E-state index < -0.39 is 10.0 Å². The van der Waals surface area contributed by atoms with Crippen LogP contribution in [-0.2, 0) is 32.2 Å². The standard InChI is InChI=1S/C29H45N3O3S/c1-8-27(33)31-19-29(6,7)24-15-22(14-23(16-24)28(3,4)5)25-17-26(36(30,34)35)20(2)32(25)18-21-12-10-9-11-13-21/h14-17,21H,8-13,18-19H2,1-7H3,(H,31,33)(H2,30,34,35). The molecule has 1 saturated carbocycles. The number of hydrogen-bond donors (Lipinski definition) is 2. The summed E-state index contributed by atoms with van der Waals surface area (Å²) in [4.78, 5) is 12.2. The van der Waals surface area contributed by atoms with Crippen molar-refractivity contribution in [3.63, 3.8) is 0 Å². The van der Waals surface area contributed by atoms with Gasteiger partial charge < -0.3 is 9.88 Å². The molecular weight excluding hydrogens is 470 g/mol. The first-order valence-corrected chi connectivity index (χ1v) is 14.8. The lowest BCUT2D eigenvalue weighted by molar-refractivity contribution is -0.121. The molecule has 200 valence electrons. The fourth-order valence-electron chi connectivity index (χ4n) is 5.16. The zero-order valence-electron chi connectivity index (χ0n) is 23.2. The van der Waals surface area contributed by atoms with Crippen molar-refractivity contribution in [1.29, 1.82) is 0 Å². The molecule has 0 spiro atoms. The Hall–Kier alpha value is -2.12. The van der Waals surface area contributed by atoms with Gasteiger partial charge >= 0.3 is 0 Å². The van der Waals surface area contributed by atoms with Gasteiger partial charge in [-0.25, -0.2) is 13.6 Å². The number of nitrogens with two attached hydrogens (primary N) is 1. The van der Waals surface area contributed by atoms with Crippen LogP contribution in [-0.4, -0.2) is 25.4 Å². The maximum absolute atomic E-state index is 12.5. The lowest BCUT2D eigenvalue weighted by Crippen LogP contribution is -2.36. The van der Waals surface area contributed by atoms with Crippen LogP contribution >= 0.6 is 0 Å². The minimum absolute atomic E-state index is 0.0325. The van der Waals surface area contributed by atoms with Crippen molar-refractivity contribution in [3.05, 3.63) is 41.1 Å². The number of hydrogen-bond acceptors (Lipinski definition) is 3. The van der Waals surface area contributed by atoms with E-state index in [1.807, 2.05) is 13.8 Å². The van der Waals surface area contributed by atoms with Crippen LogP contribution in [0.15, 0.2) is 29.2 Å². The molecule has 1 aromatic carbocycles. The van der Waals surface area contributed by atoms with E-state index in [1.165, 1.54) is 37.7 Å². The zero-order chi connectivity index (χ0) is 26.9. The van der Waals surface area contributed by atoms with Crippen LogP contribution in [0, 0.1) is 12.8 Å². The molecular formula is C29H45N3O3S. The lowest BCUT2D eigenvalue weighted by Gasteiger charge is -2.30. The van der Waals surface area contributed by atoms with Crippen LogP contribution in [0.3, 0.4) is 0 Å². The summed E-state index contributed by atoms with van der Waals surface area (Å²) >= 11 is 0. The van der Waals surface area contributed by atoms with E-state index in [0.29, 0.717) is 24.6 Å². The SMILES string of the molecule is CCC(=O)NCC(C)(C)c1cc(-c2cc(S(N)(=O)=O)c(C)n2CC2CCCCC2)cc(C(C)(C)C)c1. The lowest BCUT2D eigenvalue weighted by atomic mass is 9.78. The van der Waals surface area contributed by atoms with Gasteiger partial charge in [-0.3, -0.25) is 4.79 Å². The van der Waals surface area contributed by atoms with Crippen molar-refractivity contribution >= 4 is 15.9 Å². The van der Waals surface area contributed by atoms with E-state index in [1.54, 1.807) is 6.07 Å². The Morgan fingerprint density at radius 3 is 2.19 bits per heavy atom. The van der Waals surface area contributed by atoms with E-state index >= 15 is 0 Å². The third-order valence-corrected chi connectivity index (χ3v) is 8.74. The van der Waals surface area contributed by atoms with Gasteiger partial charge in [0.05, 0.1) is 0 Å². The summed E-state index contributed by atoms with van der Waals surface area (Å²) in [6.45, 7) is 15.9. The number of aromatic nitrogens is 1. The molecule has 1 amide bonds. The number of carbonyl (C=O) groups excluding carboxylic acids is 1. The van der Waals surface area contributed by atoms with Crippen LogP contribution in [0.5, 0.6) is 0 Å². The zero-order valence-corrected chi connectivity index (χ0v) is 24.0. The fourth-order valence-corrected chi connectivity index (χ4v) is 5.95. The van der Waals surface area contributed by atoms with Gasteiger partial charge in [0, 0.05) is 36.3 Å². The number of carbonyl (C=O) groups is 1. The second kappa shape index (κ2) is 10.7. The van der Waals surface area contributed by atoms with Crippen molar-refractivity contribution in [2.45, 2.75) is 109 Å². The molecule has 7 heteroatoms. The van der Waals surface area contributed by atoms with Gasteiger partial charge in [0.15, 0.2) is 0 Å². The number of benzene rings is 1. The predicted octanol–water partition coefficient (Wildman–Crippen LogP) is 5.79. The van der Waals surface area contributed by atoms with Crippen molar-refractivity contribution in [3.8, 4) is 11.3 Å². The van der Waals surface area contributed by atoms with Crippen LogP contribution in [0.4, 0.5) is 0 Å². The van der Waals surface area contributed by atoms with E-state index in [-0.39, 0.29) is 21.6 Å². The van der Waals surface area contributed by atoms with E-state index in [4.69, 9.17) is 5.14 Å². The number of rotatable bonds is 8. The fraction of sp³-hybridized carbons (Fsp3) is 0.621. The molecule has 36 heavy (non-hydrogen) atoms. The van der Waals surface area contributed by atoms with E-state index in [2.05, 4.69) is 62.7 Å². The Labute approximate surface area is 218 Å². The first-order valence-electron chi connectivity index (χ1n) is 13.3. The number of primary sulfonamides is 1. The van der Waals surface area contributed by atoms with Crippen molar-refractivity contribution in [2.75, 3.05) is 6.54 Å². The molecule has 0 bridgehead atoms. The van der Waals surface area contributed by atoms with Crippen molar-refractivity contribution in [2.24, 2.45) is 11.1 Å². The molecule has 1 heterocycles. The molecule has 0 aliphatic heterocycles. The molecule has 0 saturated heterocycles. The molecule has 6 nitrogen and oxygen atoms in total. The molecule has 0 radical (unpaired) electrons. The van der Waals surface area contributed by atoms with Crippen LogP contribution in [0.2, 0.25) is 0 Å². The monoisotopic (exact) mass is 515 g/mol. The Bertz CT molecular complexity index is 1200. The first kappa shape index (κ1) is 28.5. The summed E-state index contributed by atoms with van der Waals surface area (Å²) in [7, 11) is -3.85. The van der Waals surface area contributed by atoms with Gasteiger partial charge in [0.1, 0.15) is 4.90 Å². The number of nitrogens with one attached hydrogen (secondary N) is 1. The average Bonchev–Trinajstić information content (AvgIpc) is 3.13. The van der Waals surface area contributed by atoms with Gasteiger partial charge in [-0.1, -0.05) is 66.9 Å². The highest BCUT2D eigenvalue weighted by atomic mass is 32.2. The molecule has 0 atom stereocenters. The normalized spacial score (nSPS) is 15.8. The van der Waals surface area contributed by atoms with Crippen LogP contribution in [0.1, 0.15) is 96.9 Å². The van der Waals surface area contributed by atoms with Gasteiger partial charge in [-0.2, -0.15) is 0 Å². The van der Waals surface area contributed by atoms with Gasteiger partial charge in [0.2, 0.25) is 15.9 Å². The van der Waals surface area contributed by atoms with Gasteiger partial charge in [-0.05, 0) is 66.0 Å². The largest absolute Gasteiger partial charge is 0.355 e. The smallest absolute Gasteiger partial charge is 0.239 e. The Morgan fingerprint density at radius 2 is 1.64 bits per heavy atom. The molecule has 2 aromatic rings. The Morgan fingerprint density at radius 1 is 1.03 bits per heavy atom. The summed E-state index contributed by atoms with van der Waals surface area (Å²) in [5.74, 6) is 0.563. The maximum Gasteiger partial charge on any atom is 0.239 e. The third kappa shape index (κ3) is 6.60. The van der Waals surface area contributed by atoms with Crippen LogP contribution in [0.25, 0.3) is 11.3 Å². The van der Waals surface area contributed by atoms with E-state index in [9.17, 15) is 13.2 Å². The summed E-state index contributed by atoms with van der Waals surface area (Å²) in [6, 6.07) is 8.32. The summed E-state index contributed by atoms with van der Waals surface area (Å²) < 4.78 is 27.2. The van der Waals surface area contributed by atoms with Crippen molar-refractivity contribution < 1.29 is 13.2 Å². The molecule has 1 fully saturated rings. The topological polar surface area (TPSA) is 94.2 Å². The highest BCUT2D eigenvalue weighted by molar-refractivity contribution is 7.89. The minimum Gasteiger partial charge on any atom is -0.355 e. The minimum atomic E-state index is -3.85. The molecule has 3 N–H and O–H groups in total. The van der Waals surface area contributed by atoms with E-state index in [0.717, 1.165) is 23.4 Å². The predicted molar refractivity (Wildman–Crippen MR) is 148 cm³/mol. The second-order valence-corrected chi connectivity index (χ2v) is 13.7. The Kier molecular flexibility index (Phi) is 8.46. The third-order valence-electron chi connectivity index (χ3n) is 7.72. The number of sulfonamides is 1. The second-order valence-electron chi connectivity index (χ2n) is 12.2. The van der Waals surface area contributed by atoms with Gasteiger partial charge in [-0.15, -0.1) is 0 Å². The van der Waals surface area contributed by atoms with Crippen molar-refractivity contribution in [1.82, 2.24) is 9.88 Å². The highest BCUT2D eigenvalue weighted by Crippen LogP contribution is 2.37.